The quantitative estimate of drug-likeness (QED) is 0.790. The Labute approximate surface area is 133 Å². The van der Waals surface area contributed by atoms with Crippen molar-refractivity contribution in [1.29, 1.82) is 0 Å². The zero-order chi connectivity index (χ0) is 16.3. The Kier molecular flexibility index (Phi) is 4.92. The summed E-state index contributed by atoms with van der Waals surface area (Å²) in [5.41, 5.74) is 0.718. The number of nitrogens with zero attached hydrogens (tertiary/aromatic N) is 2. The van der Waals surface area contributed by atoms with Crippen molar-refractivity contribution in [3.63, 3.8) is 0 Å². The number of amides is 2. The van der Waals surface area contributed by atoms with Gasteiger partial charge in [-0.25, -0.2) is 0 Å². The molecule has 0 aromatic heterocycles. The Hall–Kier alpha value is -2.21. The number of benzene rings is 1. The lowest BCUT2D eigenvalue weighted by molar-refractivity contribution is -0.135. The zero-order valence-corrected chi connectivity index (χ0v) is 13.4. The number of likely N-dealkylation sites (N-methyl/N-ethyl adjacent to an activating group) is 2. The normalized spacial score (nSPS) is 12.5. The van der Waals surface area contributed by atoms with Crippen molar-refractivity contribution >= 4 is 29.5 Å². The standard InChI is InChI=1S/C15H17ClN2O4/c1-17(2)14(20)8-18(3)13(19)5-4-10-6-11(16)15-12(7-10)21-9-22-15/h4-7H,8-9H2,1-3H3/b5-4+. The van der Waals surface area contributed by atoms with Crippen LogP contribution in [0.25, 0.3) is 6.08 Å². The van der Waals surface area contributed by atoms with E-state index in [4.69, 9.17) is 21.1 Å². The maximum atomic E-state index is 12.0. The number of ether oxygens (including phenoxy) is 2. The summed E-state index contributed by atoms with van der Waals surface area (Å²) < 4.78 is 10.5. The van der Waals surface area contributed by atoms with Gasteiger partial charge in [0.15, 0.2) is 11.5 Å². The summed E-state index contributed by atoms with van der Waals surface area (Å²) in [5, 5.41) is 0.429. The Morgan fingerprint density at radius 1 is 1.27 bits per heavy atom. The van der Waals surface area contributed by atoms with Crippen molar-refractivity contribution < 1.29 is 19.1 Å². The Balaban J connectivity index is 2.04. The average Bonchev–Trinajstić information content (AvgIpc) is 2.93. The largest absolute Gasteiger partial charge is 0.454 e. The summed E-state index contributed by atoms with van der Waals surface area (Å²) >= 11 is 6.07. The highest BCUT2D eigenvalue weighted by atomic mass is 35.5. The van der Waals surface area contributed by atoms with E-state index in [1.807, 2.05) is 0 Å². The number of hydrogen-bond acceptors (Lipinski definition) is 4. The number of rotatable bonds is 4. The van der Waals surface area contributed by atoms with Crippen LogP contribution in [0.3, 0.4) is 0 Å². The molecular formula is C15H17ClN2O4. The molecule has 7 heteroatoms. The molecule has 0 saturated carbocycles. The molecule has 118 valence electrons. The topological polar surface area (TPSA) is 59.1 Å². The molecule has 0 saturated heterocycles. The van der Waals surface area contributed by atoms with Gasteiger partial charge in [0.25, 0.3) is 0 Å². The summed E-state index contributed by atoms with van der Waals surface area (Å²) in [5.74, 6) is 0.647. The van der Waals surface area contributed by atoms with Crippen molar-refractivity contribution in [1.82, 2.24) is 9.80 Å². The first-order valence-corrected chi connectivity index (χ1v) is 6.98. The molecule has 1 heterocycles. The second kappa shape index (κ2) is 6.70. The van der Waals surface area contributed by atoms with Gasteiger partial charge in [-0.1, -0.05) is 11.6 Å². The number of hydrogen-bond donors (Lipinski definition) is 0. The van der Waals surface area contributed by atoms with Gasteiger partial charge in [-0.15, -0.1) is 0 Å². The summed E-state index contributed by atoms with van der Waals surface area (Å²) in [6.07, 6.45) is 3.00. The predicted octanol–water partition coefficient (Wildman–Crippen LogP) is 1.63. The van der Waals surface area contributed by atoms with Crippen LogP contribution in [0.2, 0.25) is 5.02 Å². The van der Waals surface area contributed by atoms with Crippen LogP contribution >= 0.6 is 11.6 Å². The van der Waals surface area contributed by atoms with Crippen LogP contribution in [0.5, 0.6) is 11.5 Å². The molecule has 0 bridgehead atoms. The maximum absolute atomic E-state index is 12.0. The molecule has 0 unspecified atom stereocenters. The smallest absolute Gasteiger partial charge is 0.246 e. The highest BCUT2D eigenvalue weighted by Crippen LogP contribution is 2.40. The molecule has 1 aromatic carbocycles. The number of halogens is 1. The van der Waals surface area contributed by atoms with E-state index in [1.165, 1.54) is 15.9 Å². The van der Waals surface area contributed by atoms with Gasteiger partial charge in [0.2, 0.25) is 18.6 Å². The Morgan fingerprint density at radius 3 is 2.68 bits per heavy atom. The molecular weight excluding hydrogens is 308 g/mol. The highest BCUT2D eigenvalue weighted by molar-refractivity contribution is 6.32. The fourth-order valence-electron chi connectivity index (χ4n) is 1.80. The van der Waals surface area contributed by atoms with Crippen LogP contribution in [0.4, 0.5) is 0 Å². The lowest BCUT2D eigenvalue weighted by atomic mass is 10.2. The minimum atomic E-state index is -0.274. The van der Waals surface area contributed by atoms with Gasteiger partial charge < -0.3 is 19.3 Å². The highest BCUT2D eigenvalue weighted by Gasteiger charge is 2.18. The average molecular weight is 325 g/mol. The van der Waals surface area contributed by atoms with E-state index in [0.29, 0.717) is 16.5 Å². The molecule has 0 radical (unpaired) electrons. The molecule has 0 aliphatic carbocycles. The first-order chi connectivity index (χ1) is 10.4. The van der Waals surface area contributed by atoms with Gasteiger partial charge in [-0.2, -0.15) is 0 Å². The second-order valence-electron chi connectivity index (χ2n) is 5.05. The molecule has 2 rings (SSSR count). The van der Waals surface area contributed by atoms with E-state index in [-0.39, 0.29) is 25.2 Å². The minimum absolute atomic E-state index is 0.0259. The van der Waals surface area contributed by atoms with Crippen molar-refractivity contribution in [2.75, 3.05) is 34.5 Å². The summed E-state index contributed by atoms with van der Waals surface area (Å²) in [6.45, 7) is 0.161. The molecule has 0 fully saturated rings. The van der Waals surface area contributed by atoms with Crippen LogP contribution in [0.15, 0.2) is 18.2 Å². The van der Waals surface area contributed by atoms with Gasteiger partial charge in [0.1, 0.15) is 0 Å². The summed E-state index contributed by atoms with van der Waals surface area (Å²) in [6, 6.07) is 3.42. The van der Waals surface area contributed by atoms with E-state index in [9.17, 15) is 9.59 Å². The van der Waals surface area contributed by atoms with E-state index in [1.54, 1.807) is 39.4 Å². The van der Waals surface area contributed by atoms with E-state index >= 15 is 0 Å². The van der Waals surface area contributed by atoms with Crippen LogP contribution < -0.4 is 9.47 Å². The molecule has 0 spiro atoms. The predicted molar refractivity (Wildman–Crippen MR) is 82.9 cm³/mol. The van der Waals surface area contributed by atoms with Crippen molar-refractivity contribution in [2.45, 2.75) is 0 Å². The van der Waals surface area contributed by atoms with Gasteiger partial charge in [0.05, 0.1) is 11.6 Å². The van der Waals surface area contributed by atoms with E-state index in [2.05, 4.69) is 0 Å². The van der Waals surface area contributed by atoms with Crippen molar-refractivity contribution in [2.24, 2.45) is 0 Å². The Morgan fingerprint density at radius 2 is 2.00 bits per heavy atom. The fourth-order valence-corrected chi connectivity index (χ4v) is 2.07. The minimum Gasteiger partial charge on any atom is -0.454 e. The molecule has 1 aliphatic heterocycles. The van der Waals surface area contributed by atoms with Crippen LogP contribution in [0, 0.1) is 0 Å². The lowest BCUT2D eigenvalue weighted by Crippen LogP contribution is -2.36. The molecule has 1 aliphatic rings. The fraction of sp³-hybridized carbons (Fsp3) is 0.333. The van der Waals surface area contributed by atoms with Gasteiger partial charge in [0, 0.05) is 27.2 Å². The van der Waals surface area contributed by atoms with E-state index in [0.717, 1.165) is 5.56 Å². The number of carbonyl (C=O) groups excluding carboxylic acids is 2. The SMILES string of the molecule is CN(C)C(=O)CN(C)C(=O)/C=C/c1cc(Cl)c2c(c1)OCO2. The molecule has 22 heavy (non-hydrogen) atoms. The third-order valence-corrected chi connectivity index (χ3v) is 3.40. The second-order valence-corrected chi connectivity index (χ2v) is 5.46. The lowest BCUT2D eigenvalue weighted by Gasteiger charge is -2.17. The summed E-state index contributed by atoms with van der Waals surface area (Å²) in [4.78, 5) is 26.3. The van der Waals surface area contributed by atoms with Crippen molar-refractivity contribution in [3.05, 3.63) is 28.8 Å². The van der Waals surface area contributed by atoms with E-state index < -0.39 is 0 Å². The van der Waals surface area contributed by atoms with Crippen LogP contribution in [0.1, 0.15) is 5.56 Å². The molecule has 0 atom stereocenters. The zero-order valence-electron chi connectivity index (χ0n) is 12.6. The monoisotopic (exact) mass is 324 g/mol. The number of fused-ring (bicyclic) bond motifs is 1. The molecule has 1 aromatic rings. The first-order valence-electron chi connectivity index (χ1n) is 6.61. The molecule has 0 N–H and O–H groups in total. The molecule has 6 nitrogen and oxygen atoms in total. The van der Waals surface area contributed by atoms with Gasteiger partial charge in [-0.05, 0) is 23.8 Å². The third kappa shape index (κ3) is 3.71. The van der Waals surface area contributed by atoms with Crippen molar-refractivity contribution in [3.8, 4) is 11.5 Å². The van der Waals surface area contributed by atoms with Gasteiger partial charge >= 0.3 is 0 Å². The number of carbonyl (C=O) groups is 2. The maximum Gasteiger partial charge on any atom is 0.246 e. The van der Waals surface area contributed by atoms with Crippen LogP contribution in [-0.4, -0.2) is 56.1 Å². The Bertz CT molecular complexity index is 628. The first kappa shape index (κ1) is 16.2. The van der Waals surface area contributed by atoms with Crippen LogP contribution in [-0.2, 0) is 9.59 Å². The third-order valence-electron chi connectivity index (χ3n) is 3.12. The summed E-state index contributed by atoms with van der Waals surface area (Å²) in [7, 11) is 4.86. The van der Waals surface area contributed by atoms with Gasteiger partial charge in [-0.3, -0.25) is 9.59 Å². The molecule has 2 amide bonds.